The molecule has 0 radical (unpaired) electrons. The van der Waals surface area contributed by atoms with Gasteiger partial charge < -0.3 is 10.0 Å². The molecular weight excluding hydrogens is 258 g/mol. The lowest BCUT2D eigenvalue weighted by Crippen LogP contribution is -2.30. The number of hydrogen-bond donors (Lipinski definition) is 1. The minimum atomic E-state index is -0.309. The molecule has 0 spiro atoms. The molecule has 2 fully saturated rings. The average Bonchev–Trinajstić information content (AvgIpc) is 2.85. The highest BCUT2D eigenvalue weighted by molar-refractivity contribution is 5.24. The van der Waals surface area contributed by atoms with Crippen LogP contribution in [0.2, 0.25) is 0 Å². The second-order valence-corrected chi connectivity index (χ2v) is 7.03. The van der Waals surface area contributed by atoms with Gasteiger partial charge in [-0.25, -0.2) is 0 Å². The molecule has 116 valence electrons. The van der Waals surface area contributed by atoms with Crippen LogP contribution in [0.15, 0.2) is 24.3 Å². The topological polar surface area (TPSA) is 23.5 Å². The third kappa shape index (κ3) is 3.87. The van der Waals surface area contributed by atoms with Crippen molar-refractivity contribution in [3.05, 3.63) is 35.4 Å². The summed E-state index contributed by atoms with van der Waals surface area (Å²) in [7, 11) is 0. The Labute approximate surface area is 129 Å². The lowest BCUT2D eigenvalue weighted by molar-refractivity contribution is 0.136. The molecule has 1 aromatic carbocycles. The van der Waals surface area contributed by atoms with E-state index in [0.717, 1.165) is 36.8 Å². The van der Waals surface area contributed by atoms with Crippen molar-refractivity contribution >= 4 is 0 Å². The Bertz CT molecular complexity index is 441. The van der Waals surface area contributed by atoms with Crippen molar-refractivity contribution in [1.82, 2.24) is 4.90 Å². The number of nitrogens with zero attached hydrogens (tertiary/aromatic N) is 1. The molecule has 3 atom stereocenters. The van der Waals surface area contributed by atoms with Crippen LogP contribution < -0.4 is 0 Å². The fourth-order valence-electron chi connectivity index (χ4n) is 4.08. The van der Waals surface area contributed by atoms with E-state index in [9.17, 15) is 5.11 Å². The first-order valence-electron chi connectivity index (χ1n) is 8.74. The van der Waals surface area contributed by atoms with Gasteiger partial charge in [0.15, 0.2) is 0 Å². The molecule has 21 heavy (non-hydrogen) atoms. The SMILES string of the molecule is CCc1ccc([C@H](O)CCN2CC[C@@H]3CC[C@@H](C3)C2)cc1. The summed E-state index contributed by atoms with van der Waals surface area (Å²) in [4.78, 5) is 2.59. The largest absolute Gasteiger partial charge is 0.388 e. The van der Waals surface area contributed by atoms with Crippen LogP contribution in [0.5, 0.6) is 0 Å². The van der Waals surface area contributed by atoms with Gasteiger partial charge in [-0.3, -0.25) is 0 Å². The lowest BCUT2D eigenvalue weighted by Gasteiger charge is -2.25. The van der Waals surface area contributed by atoms with E-state index in [1.165, 1.54) is 44.3 Å². The van der Waals surface area contributed by atoms with E-state index in [-0.39, 0.29) is 6.10 Å². The maximum atomic E-state index is 10.4. The Morgan fingerprint density at radius 1 is 1.14 bits per heavy atom. The summed E-state index contributed by atoms with van der Waals surface area (Å²) >= 11 is 0. The Balaban J connectivity index is 1.49. The molecule has 1 saturated heterocycles. The van der Waals surface area contributed by atoms with Crippen molar-refractivity contribution in [1.29, 1.82) is 0 Å². The normalized spacial score (nSPS) is 27.5. The molecule has 2 aliphatic rings. The van der Waals surface area contributed by atoms with Gasteiger partial charge in [-0.2, -0.15) is 0 Å². The number of aryl methyl sites for hydroxylation is 1. The van der Waals surface area contributed by atoms with E-state index in [4.69, 9.17) is 0 Å². The number of fused-ring (bicyclic) bond motifs is 2. The van der Waals surface area contributed by atoms with Crippen LogP contribution in [0.1, 0.15) is 56.3 Å². The Morgan fingerprint density at radius 3 is 2.67 bits per heavy atom. The third-order valence-electron chi connectivity index (χ3n) is 5.51. The predicted octanol–water partition coefficient (Wildman–Crippen LogP) is 3.79. The van der Waals surface area contributed by atoms with Crippen LogP contribution in [-0.2, 0) is 6.42 Å². The average molecular weight is 287 g/mol. The zero-order valence-electron chi connectivity index (χ0n) is 13.3. The molecule has 1 aliphatic heterocycles. The Hall–Kier alpha value is -0.860. The van der Waals surface area contributed by atoms with Crippen LogP contribution in [0.25, 0.3) is 0 Å². The zero-order chi connectivity index (χ0) is 14.7. The maximum absolute atomic E-state index is 10.4. The summed E-state index contributed by atoms with van der Waals surface area (Å²) < 4.78 is 0. The van der Waals surface area contributed by atoms with Crippen LogP contribution >= 0.6 is 0 Å². The van der Waals surface area contributed by atoms with Gasteiger partial charge >= 0.3 is 0 Å². The standard InChI is InChI=1S/C19H29NO/c1-2-15-5-7-18(8-6-15)19(21)10-12-20-11-9-16-3-4-17(13-16)14-20/h5-8,16-17,19,21H,2-4,9-14H2,1H3/t16-,17-,19+/m0/s1. The van der Waals surface area contributed by atoms with Gasteiger partial charge in [-0.15, -0.1) is 0 Å². The highest BCUT2D eigenvalue weighted by atomic mass is 16.3. The monoisotopic (exact) mass is 287 g/mol. The van der Waals surface area contributed by atoms with Crippen molar-refractivity contribution in [2.75, 3.05) is 19.6 Å². The minimum absolute atomic E-state index is 0.309. The lowest BCUT2D eigenvalue weighted by atomic mass is 10.0. The molecule has 2 nitrogen and oxygen atoms in total. The zero-order valence-corrected chi connectivity index (χ0v) is 13.3. The number of rotatable bonds is 5. The smallest absolute Gasteiger partial charge is 0.0802 e. The van der Waals surface area contributed by atoms with Crippen molar-refractivity contribution in [3.63, 3.8) is 0 Å². The van der Waals surface area contributed by atoms with Crippen LogP contribution in [-0.4, -0.2) is 29.6 Å². The molecule has 0 amide bonds. The van der Waals surface area contributed by atoms with Gasteiger partial charge in [-0.1, -0.05) is 37.6 Å². The first kappa shape index (κ1) is 15.1. The van der Waals surface area contributed by atoms with Crippen molar-refractivity contribution in [2.45, 2.75) is 51.6 Å². The van der Waals surface area contributed by atoms with Crippen molar-refractivity contribution in [3.8, 4) is 0 Å². The van der Waals surface area contributed by atoms with Crippen LogP contribution in [0.3, 0.4) is 0 Å². The van der Waals surface area contributed by atoms with Gasteiger partial charge in [0.2, 0.25) is 0 Å². The predicted molar refractivity (Wildman–Crippen MR) is 87.3 cm³/mol. The second-order valence-electron chi connectivity index (χ2n) is 7.03. The first-order valence-corrected chi connectivity index (χ1v) is 8.74. The van der Waals surface area contributed by atoms with Crippen molar-refractivity contribution in [2.24, 2.45) is 11.8 Å². The van der Waals surface area contributed by atoms with E-state index in [1.807, 2.05) is 0 Å². The summed E-state index contributed by atoms with van der Waals surface area (Å²) in [5, 5.41) is 10.4. The summed E-state index contributed by atoms with van der Waals surface area (Å²) in [6.07, 6.45) is 7.34. The third-order valence-corrected chi connectivity index (χ3v) is 5.51. The molecule has 0 unspecified atom stereocenters. The summed E-state index contributed by atoms with van der Waals surface area (Å²) in [5.74, 6) is 1.92. The molecule has 1 aliphatic carbocycles. The van der Waals surface area contributed by atoms with Gasteiger partial charge in [0.1, 0.15) is 0 Å². The molecule has 3 rings (SSSR count). The molecule has 1 N–H and O–H groups in total. The summed E-state index contributed by atoms with van der Waals surface area (Å²) in [6.45, 7) is 5.71. The quantitative estimate of drug-likeness (QED) is 0.890. The Kier molecular flexibility index (Phi) is 4.97. The number of aliphatic hydroxyl groups is 1. The molecule has 1 aromatic rings. The minimum Gasteiger partial charge on any atom is -0.388 e. The number of aliphatic hydroxyl groups excluding tert-OH is 1. The van der Waals surface area contributed by atoms with Crippen molar-refractivity contribution < 1.29 is 5.11 Å². The van der Waals surface area contributed by atoms with Gasteiger partial charge in [0, 0.05) is 13.1 Å². The van der Waals surface area contributed by atoms with E-state index < -0.39 is 0 Å². The highest BCUT2D eigenvalue weighted by Crippen LogP contribution is 2.36. The molecule has 2 heteroatoms. The summed E-state index contributed by atoms with van der Waals surface area (Å²) in [6, 6.07) is 8.47. The Morgan fingerprint density at radius 2 is 1.90 bits per heavy atom. The molecular formula is C19H29NO. The summed E-state index contributed by atoms with van der Waals surface area (Å²) in [5.41, 5.74) is 2.41. The maximum Gasteiger partial charge on any atom is 0.0802 e. The molecule has 2 bridgehead atoms. The van der Waals surface area contributed by atoms with E-state index in [2.05, 4.69) is 36.1 Å². The van der Waals surface area contributed by atoms with E-state index >= 15 is 0 Å². The second kappa shape index (κ2) is 6.93. The number of benzene rings is 1. The highest BCUT2D eigenvalue weighted by Gasteiger charge is 2.29. The fraction of sp³-hybridized carbons (Fsp3) is 0.684. The van der Waals surface area contributed by atoms with Gasteiger partial charge in [0.05, 0.1) is 6.10 Å². The van der Waals surface area contributed by atoms with E-state index in [0.29, 0.717) is 0 Å². The first-order chi connectivity index (χ1) is 10.2. The van der Waals surface area contributed by atoms with Gasteiger partial charge in [-0.05, 0) is 61.6 Å². The number of hydrogen-bond acceptors (Lipinski definition) is 2. The van der Waals surface area contributed by atoms with Crippen LogP contribution in [0, 0.1) is 11.8 Å². The fourth-order valence-corrected chi connectivity index (χ4v) is 4.08. The molecule has 1 heterocycles. The molecule has 0 aromatic heterocycles. The molecule has 1 saturated carbocycles. The van der Waals surface area contributed by atoms with E-state index in [1.54, 1.807) is 0 Å². The number of likely N-dealkylation sites (tertiary alicyclic amines) is 1. The van der Waals surface area contributed by atoms with Gasteiger partial charge in [0.25, 0.3) is 0 Å². The van der Waals surface area contributed by atoms with Crippen LogP contribution in [0.4, 0.5) is 0 Å².